The number of rotatable bonds is 1. The van der Waals surface area contributed by atoms with Crippen LogP contribution in [0.4, 0.5) is 23.2 Å². The summed E-state index contributed by atoms with van der Waals surface area (Å²) in [6, 6.07) is 3.25. The molecule has 1 aliphatic rings. The van der Waals surface area contributed by atoms with E-state index >= 15 is 0 Å². The highest BCUT2D eigenvalue weighted by atomic mass is 19.4. The smallest absolute Gasteiger partial charge is 0.366 e. The molecule has 0 aliphatic carbocycles. The first kappa shape index (κ1) is 13.1. The zero-order chi connectivity index (χ0) is 13.3. The van der Waals surface area contributed by atoms with Crippen LogP contribution in [0.3, 0.4) is 0 Å². The topological polar surface area (TPSA) is 15.3 Å². The highest BCUT2D eigenvalue weighted by molar-refractivity contribution is 5.51. The molecule has 100 valence electrons. The molecule has 1 aromatic rings. The summed E-state index contributed by atoms with van der Waals surface area (Å²) in [7, 11) is 0. The molecule has 0 radical (unpaired) electrons. The Morgan fingerprint density at radius 2 is 2.06 bits per heavy atom. The van der Waals surface area contributed by atoms with Gasteiger partial charge in [0, 0.05) is 31.4 Å². The fourth-order valence-corrected chi connectivity index (χ4v) is 2.13. The first-order chi connectivity index (χ1) is 8.39. The average molecular weight is 262 g/mol. The lowest BCUT2D eigenvalue weighted by Crippen LogP contribution is -2.50. The van der Waals surface area contributed by atoms with Gasteiger partial charge in [0.1, 0.15) is 5.82 Å². The molecular weight excluding hydrogens is 248 g/mol. The largest absolute Gasteiger partial charge is 0.419 e. The Balaban J connectivity index is 2.34. The van der Waals surface area contributed by atoms with Crippen LogP contribution in [0.25, 0.3) is 0 Å². The Morgan fingerprint density at radius 1 is 1.33 bits per heavy atom. The minimum atomic E-state index is -4.66. The van der Waals surface area contributed by atoms with Crippen molar-refractivity contribution >= 4 is 5.69 Å². The summed E-state index contributed by atoms with van der Waals surface area (Å²) in [5.41, 5.74) is -0.788. The van der Waals surface area contributed by atoms with Crippen molar-refractivity contribution in [2.24, 2.45) is 0 Å². The van der Waals surface area contributed by atoms with Crippen LogP contribution in [0.15, 0.2) is 18.2 Å². The van der Waals surface area contributed by atoms with Gasteiger partial charge < -0.3 is 10.2 Å². The Hall–Kier alpha value is -1.30. The van der Waals surface area contributed by atoms with Gasteiger partial charge in [0.2, 0.25) is 0 Å². The van der Waals surface area contributed by atoms with E-state index in [2.05, 4.69) is 5.32 Å². The van der Waals surface area contributed by atoms with Crippen molar-refractivity contribution in [3.8, 4) is 0 Å². The van der Waals surface area contributed by atoms with E-state index in [1.165, 1.54) is 6.07 Å². The van der Waals surface area contributed by atoms with Gasteiger partial charge in [0.15, 0.2) is 0 Å². The van der Waals surface area contributed by atoms with Crippen molar-refractivity contribution in [1.82, 2.24) is 5.32 Å². The maximum absolute atomic E-state index is 13.2. The van der Waals surface area contributed by atoms with Crippen LogP contribution in [0.1, 0.15) is 12.5 Å². The van der Waals surface area contributed by atoms with E-state index in [1.54, 1.807) is 0 Å². The molecule has 2 rings (SSSR count). The molecule has 0 amide bonds. The molecular formula is C12H14F4N2. The van der Waals surface area contributed by atoms with Crippen LogP contribution in [0.5, 0.6) is 0 Å². The minimum Gasteiger partial charge on any atom is -0.366 e. The van der Waals surface area contributed by atoms with Gasteiger partial charge in [0.05, 0.1) is 5.56 Å². The number of anilines is 1. The minimum absolute atomic E-state index is 0.0882. The second kappa shape index (κ2) is 4.76. The number of benzene rings is 1. The molecule has 1 atom stereocenters. The molecule has 0 bridgehead atoms. The van der Waals surface area contributed by atoms with E-state index in [4.69, 9.17) is 0 Å². The van der Waals surface area contributed by atoms with Crippen molar-refractivity contribution in [1.29, 1.82) is 0 Å². The standard InChI is InChI=1S/C12H14F4N2/c1-8-7-17-4-5-18(8)9-2-3-11(13)10(6-9)12(14,15)16/h2-3,6,8,17H,4-5,7H2,1H3. The summed E-state index contributed by atoms with van der Waals surface area (Å²) < 4.78 is 51.0. The molecule has 1 unspecified atom stereocenters. The van der Waals surface area contributed by atoms with Crippen molar-refractivity contribution in [2.45, 2.75) is 19.1 Å². The Morgan fingerprint density at radius 3 is 2.67 bits per heavy atom. The molecule has 1 fully saturated rings. The fourth-order valence-electron chi connectivity index (χ4n) is 2.13. The summed E-state index contributed by atoms with van der Waals surface area (Å²) in [5.74, 6) is -1.23. The van der Waals surface area contributed by atoms with Gasteiger partial charge in [-0.2, -0.15) is 13.2 Å². The average Bonchev–Trinajstić information content (AvgIpc) is 2.29. The summed E-state index contributed by atoms with van der Waals surface area (Å²) in [6.07, 6.45) is -4.66. The van der Waals surface area contributed by atoms with Gasteiger partial charge in [-0.1, -0.05) is 0 Å². The number of halogens is 4. The first-order valence-electron chi connectivity index (χ1n) is 5.73. The third kappa shape index (κ3) is 2.58. The maximum atomic E-state index is 13.2. The lowest BCUT2D eigenvalue weighted by molar-refractivity contribution is -0.139. The van der Waals surface area contributed by atoms with Crippen LogP contribution in [-0.2, 0) is 6.18 Å². The molecule has 1 aliphatic heterocycles. The second-order valence-corrected chi connectivity index (χ2v) is 4.41. The molecule has 1 aromatic carbocycles. The summed E-state index contributed by atoms with van der Waals surface area (Å²) in [5, 5.41) is 3.15. The molecule has 1 saturated heterocycles. The third-order valence-electron chi connectivity index (χ3n) is 3.09. The summed E-state index contributed by atoms with van der Waals surface area (Å²) in [6.45, 7) is 3.95. The van der Waals surface area contributed by atoms with Gasteiger partial charge >= 0.3 is 6.18 Å². The highest BCUT2D eigenvalue weighted by Crippen LogP contribution is 2.34. The number of hydrogen-bond donors (Lipinski definition) is 1. The second-order valence-electron chi connectivity index (χ2n) is 4.41. The molecule has 0 aromatic heterocycles. The van der Waals surface area contributed by atoms with E-state index in [9.17, 15) is 17.6 Å². The first-order valence-corrected chi connectivity index (χ1v) is 5.73. The molecule has 1 heterocycles. The number of nitrogens with zero attached hydrogens (tertiary/aromatic N) is 1. The lowest BCUT2D eigenvalue weighted by atomic mass is 10.1. The van der Waals surface area contributed by atoms with E-state index in [0.29, 0.717) is 25.3 Å². The fraction of sp³-hybridized carbons (Fsp3) is 0.500. The molecule has 0 spiro atoms. The summed E-state index contributed by atoms with van der Waals surface area (Å²) in [4.78, 5) is 1.85. The monoisotopic (exact) mass is 262 g/mol. The predicted octanol–water partition coefficient (Wildman–Crippen LogP) is 2.64. The van der Waals surface area contributed by atoms with Crippen molar-refractivity contribution in [3.05, 3.63) is 29.6 Å². The van der Waals surface area contributed by atoms with E-state index in [-0.39, 0.29) is 6.04 Å². The quantitative estimate of drug-likeness (QED) is 0.783. The SMILES string of the molecule is CC1CNCCN1c1ccc(F)c(C(F)(F)F)c1. The van der Waals surface area contributed by atoms with Gasteiger partial charge in [-0.3, -0.25) is 0 Å². The highest BCUT2D eigenvalue weighted by Gasteiger charge is 2.35. The zero-order valence-corrected chi connectivity index (χ0v) is 9.89. The number of piperazine rings is 1. The zero-order valence-electron chi connectivity index (χ0n) is 9.89. The van der Waals surface area contributed by atoms with Crippen molar-refractivity contribution < 1.29 is 17.6 Å². The van der Waals surface area contributed by atoms with Crippen molar-refractivity contribution in [2.75, 3.05) is 24.5 Å². The predicted molar refractivity (Wildman–Crippen MR) is 61.1 cm³/mol. The third-order valence-corrected chi connectivity index (χ3v) is 3.09. The van der Waals surface area contributed by atoms with Crippen LogP contribution >= 0.6 is 0 Å². The van der Waals surface area contributed by atoms with Crippen LogP contribution < -0.4 is 10.2 Å². The Labute approximate surface area is 103 Å². The van der Waals surface area contributed by atoms with E-state index in [1.807, 2.05) is 11.8 Å². The molecule has 6 heteroatoms. The van der Waals surface area contributed by atoms with Gasteiger partial charge in [-0.05, 0) is 25.1 Å². The normalized spacial score (nSPS) is 21.2. The van der Waals surface area contributed by atoms with E-state index in [0.717, 1.165) is 12.1 Å². The van der Waals surface area contributed by atoms with Gasteiger partial charge in [0.25, 0.3) is 0 Å². The van der Waals surface area contributed by atoms with E-state index < -0.39 is 17.6 Å². The molecule has 2 nitrogen and oxygen atoms in total. The van der Waals surface area contributed by atoms with Gasteiger partial charge in [-0.15, -0.1) is 0 Å². The lowest BCUT2D eigenvalue weighted by Gasteiger charge is -2.36. The van der Waals surface area contributed by atoms with Crippen LogP contribution in [0.2, 0.25) is 0 Å². The van der Waals surface area contributed by atoms with Crippen LogP contribution in [-0.4, -0.2) is 25.7 Å². The molecule has 0 saturated carbocycles. The Bertz CT molecular complexity index is 431. The van der Waals surface area contributed by atoms with Crippen LogP contribution in [0, 0.1) is 5.82 Å². The Kier molecular flexibility index (Phi) is 3.47. The number of hydrogen-bond acceptors (Lipinski definition) is 2. The van der Waals surface area contributed by atoms with Gasteiger partial charge in [-0.25, -0.2) is 4.39 Å². The molecule has 1 N–H and O–H groups in total. The molecule has 18 heavy (non-hydrogen) atoms. The number of alkyl halides is 3. The number of nitrogens with one attached hydrogen (secondary N) is 1. The summed E-state index contributed by atoms with van der Waals surface area (Å²) >= 11 is 0. The maximum Gasteiger partial charge on any atom is 0.419 e. The van der Waals surface area contributed by atoms with Crippen molar-refractivity contribution in [3.63, 3.8) is 0 Å².